The van der Waals surface area contributed by atoms with Gasteiger partial charge in [0.15, 0.2) is 6.04 Å². The van der Waals surface area contributed by atoms with Crippen LogP contribution in [0.2, 0.25) is 0 Å². The van der Waals surface area contributed by atoms with Crippen LogP contribution in [-0.2, 0) is 24.0 Å². The number of nitrogens with two attached hydrogens (primary N) is 3. The second-order valence-electron chi connectivity index (χ2n) is 7.53. The van der Waals surface area contributed by atoms with Crippen LogP contribution >= 0.6 is 11.8 Å². The zero-order valence-corrected chi connectivity index (χ0v) is 19.7. The Labute approximate surface area is 196 Å². The number of rotatable bonds is 17. The highest BCUT2D eigenvalue weighted by atomic mass is 32.2. The Balaban J connectivity index is 5.47. The lowest BCUT2D eigenvalue weighted by Gasteiger charge is -2.25. The van der Waals surface area contributed by atoms with Crippen LogP contribution in [0.15, 0.2) is 0 Å². The number of aliphatic hydroxyl groups excluding tert-OH is 1. The van der Waals surface area contributed by atoms with Gasteiger partial charge in [0.2, 0.25) is 23.6 Å². The van der Waals surface area contributed by atoms with Gasteiger partial charge in [-0.3, -0.25) is 19.2 Å². The summed E-state index contributed by atoms with van der Waals surface area (Å²) >= 11 is 1.49. The molecule has 5 unspecified atom stereocenters. The number of aliphatic hydroxyl groups is 1. The molecule has 0 aliphatic heterocycles. The van der Waals surface area contributed by atoms with Crippen molar-refractivity contribution in [3.8, 4) is 0 Å². The first-order valence-electron chi connectivity index (χ1n) is 10.5. The van der Waals surface area contributed by atoms with E-state index in [4.69, 9.17) is 17.2 Å². The van der Waals surface area contributed by atoms with E-state index in [-0.39, 0.29) is 6.42 Å². The smallest absolute Gasteiger partial charge is 0.328 e. The number of carboxylic acid groups (broad SMARTS) is 1. The minimum atomic E-state index is -1.60. The average Bonchev–Trinajstić information content (AvgIpc) is 2.73. The lowest BCUT2D eigenvalue weighted by atomic mass is 10.1. The number of hydrogen-bond acceptors (Lipinski definition) is 9. The van der Waals surface area contributed by atoms with Crippen LogP contribution in [0, 0.1) is 0 Å². The van der Waals surface area contributed by atoms with Gasteiger partial charge in [-0.1, -0.05) is 0 Å². The fourth-order valence-corrected chi connectivity index (χ4v) is 3.23. The van der Waals surface area contributed by atoms with Crippen molar-refractivity contribution in [3.63, 3.8) is 0 Å². The molecule has 0 saturated carbocycles. The number of carboxylic acids is 1. The highest BCUT2D eigenvalue weighted by molar-refractivity contribution is 7.98. The number of unbranched alkanes of at least 4 members (excludes halogenated alkanes) is 1. The molecule has 0 radical (unpaired) electrons. The number of hydrogen-bond donors (Lipinski definition) is 8. The molecule has 11 N–H and O–H groups in total. The maximum atomic E-state index is 12.8. The maximum absolute atomic E-state index is 12.8. The molecule has 190 valence electrons. The predicted octanol–water partition coefficient (Wildman–Crippen LogP) is -3.01. The Morgan fingerprint density at radius 2 is 1.52 bits per heavy atom. The molecular weight excluding hydrogens is 456 g/mol. The molecule has 5 atom stereocenters. The quantitative estimate of drug-likeness (QED) is 0.0956. The lowest BCUT2D eigenvalue weighted by molar-refractivity contribution is -0.145. The number of aliphatic carboxylic acids is 1. The predicted molar refractivity (Wildman–Crippen MR) is 123 cm³/mol. The van der Waals surface area contributed by atoms with Crippen molar-refractivity contribution in [2.45, 2.75) is 69.3 Å². The third-order valence-electron chi connectivity index (χ3n) is 4.63. The third kappa shape index (κ3) is 12.4. The summed E-state index contributed by atoms with van der Waals surface area (Å²) < 4.78 is 0. The molecule has 13 nitrogen and oxygen atoms in total. The molecule has 0 aromatic rings. The normalized spacial score (nSPS) is 15.4. The van der Waals surface area contributed by atoms with Crippen LogP contribution in [-0.4, -0.2) is 88.6 Å². The summed E-state index contributed by atoms with van der Waals surface area (Å²) in [4.78, 5) is 60.5. The van der Waals surface area contributed by atoms with Gasteiger partial charge in [0.05, 0.1) is 18.6 Å². The van der Waals surface area contributed by atoms with Gasteiger partial charge >= 0.3 is 5.97 Å². The van der Waals surface area contributed by atoms with Crippen molar-refractivity contribution in [1.29, 1.82) is 0 Å². The molecule has 0 spiro atoms. The van der Waals surface area contributed by atoms with Crippen LogP contribution < -0.4 is 33.2 Å². The summed E-state index contributed by atoms with van der Waals surface area (Å²) in [5.41, 5.74) is 16.5. The molecule has 0 saturated heterocycles. The Kier molecular flexibility index (Phi) is 15.0. The molecule has 0 rings (SSSR count). The van der Waals surface area contributed by atoms with Crippen LogP contribution in [0.5, 0.6) is 0 Å². The Morgan fingerprint density at radius 3 is 2.00 bits per heavy atom. The summed E-state index contributed by atoms with van der Waals surface area (Å²) in [6.07, 6.45) is 1.32. The summed E-state index contributed by atoms with van der Waals surface area (Å²) in [5.74, 6) is -4.08. The monoisotopic (exact) mass is 492 g/mol. The summed E-state index contributed by atoms with van der Waals surface area (Å²) in [5, 5.41) is 25.7. The van der Waals surface area contributed by atoms with Gasteiger partial charge in [0.1, 0.15) is 12.1 Å². The van der Waals surface area contributed by atoms with Crippen LogP contribution in [0.4, 0.5) is 0 Å². The molecule has 0 bridgehead atoms. The number of primary amides is 1. The Hall–Kier alpha value is -2.42. The summed E-state index contributed by atoms with van der Waals surface area (Å²) in [6, 6.07) is -5.09. The number of amides is 4. The van der Waals surface area contributed by atoms with E-state index in [1.807, 2.05) is 6.26 Å². The van der Waals surface area contributed by atoms with Crippen molar-refractivity contribution >= 4 is 41.4 Å². The number of thioether (sulfide) groups is 1. The first-order chi connectivity index (χ1) is 15.4. The fraction of sp³-hybridized carbons (Fsp3) is 0.737. The molecular formula is C19H36N6O7S. The van der Waals surface area contributed by atoms with Gasteiger partial charge < -0.3 is 43.4 Å². The van der Waals surface area contributed by atoms with Crippen molar-refractivity contribution in [3.05, 3.63) is 0 Å². The molecule has 14 heteroatoms. The topological polar surface area (TPSA) is 240 Å². The van der Waals surface area contributed by atoms with E-state index in [1.54, 1.807) is 0 Å². The fourth-order valence-electron chi connectivity index (χ4n) is 2.74. The molecule has 33 heavy (non-hydrogen) atoms. The third-order valence-corrected chi connectivity index (χ3v) is 5.28. The van der Waals surface area contributed by atoms with Gasteiger partial charge in [-0.25, -0.2) is 4.79 Å². The molecule has 0 aromatic carbocycles. The van der Waals surface area contributed by atoms with Crippen molar-refractivity contribution in [2.24, 2.45) is 17.2 Å². The maximum Gasteiger partial charge on any atom is 0.328 e. The largest absolute Gasteiger partial charge is 0.480 e. The number of carbonyl (C=O) groups is 5. The van der Waals surface area contributed by atoms with Crippen molar-refractivity contribution in [1.82, 2.24) is 16.0 Å². The Bertz CT molecular complexity index is 679. The second-order valence-corrected chi connectivity index (χ2v) is 8.52. The van der Waals surface area contributed by atoms with Crippen molar-refractivity contribution < 1.29 is 34.2 Å². The zero-order valence-electron chi connectivity index (χ0n) is 18.9. The van der Waals surface area contributed by atoms with E-state index < -0.39 is 66.3 Å². The molecule has 0 fully saturated rings. The minimum absolute atomic E-state index is 0.103. The minimum Gasteiger partial charge on any atom is -0.480 e. The van der Waals surface area contributed by atoms with Crippen LogP contribution in [0.25, 0.3) is 0 Å². The molecule has 0 aliphatic carbocycles. The molecule has 0 heterocycles. The first-order valence-corrected chi connectivity index (χ1v) is 11.9. The highest BCUT2D eigenvalue weighted by Crippen LogP contribution is 2.05. The average molecular weight is 493 g/mol. The lowest BCUT2D eigenvalue weighted by Crippen LogP contribution is -2.58. The number of carbonyl (C=O) groups excluding carboxylic acids is 4. The Morgan fingerprint density at radius 1 is 0.939 bits per heavy atom. The first kappa shape index (κ1) is 30.6. The second kappa shape index (κ2) is 16.2. The zero-order chi connectivity index (χ0) is 25.6. The van der Waals surface area contributed by atoms with Gasteiger partial charge in [0.25, 0.3) is 0 Å². The van der Waals surface area contributed by atoms with E-state index in [0.29, 0.717) is 31.6 Å². The van der Waals surface area contributed by atoms with E-state index in [9.17, 15) is 34.2 Å². The number of nitrogens with one attached hydrogen (secondary N) is 3. The van der Waals surface area contributed by atoms with Gasteiger partial charge in [-0.2, -0.15) is 11.8 Å². The SMILES string of the molecule is CSCCC(N)C(=O)NC(CC(N)=O)C(=O)NC(CCCCN)C(=O)NC(C(=O)O)C(C)O. The van der Waals surface area contributed by atoms with Crippen LogP contribution in [0.1, 0.15) is 39.0 Å². The standard InChI is InChI=1S/C19H36N6O7S/c1-10(26)15(19(31)32)25-17(29)12(5-3-4-7-20)23-18(30)13(9-14(22)27)24-16(28)11(21)6-8-33-2/h10-13,15,26H,3-9,20-21H2,1-2H3,(H2,22,27)(H,23,30)(H,24,28)(H,25,29)(H,31,32). The van der Waals surface area contributed by atoms with E-state index in [0.717, 1.165) is 0 Å². The molecule has 0 aromatic heterocycles. The van der Waals surface area contributed by atoms with Crippen molar-refractivity contribution in [2.75, 3.05) is 18.6 Å². The summed E-state index contributed by atoms with van der Waals surface area (Å²) in [6.45, 7) is 1.53. The van der Waals surface area contributed by atoms with Gasteiger partial charge in [-0.15, -0.1) is 0 Å². The van der Waals surface area contributed by atoms with E-state index in [2.05, 4.69) is 16.0 Å². The van der Waals surface area contributed by atoms with E-state index >= 15 is 0 Å². The van der Waals surface area contributed by atoms with Gasteiger partial charge in [0, 0.05) is 0 Å². The molecule has 0 aliphatic rings. The van der Waals surface area contributed by atoms with Gasteiger partial charge in [-0.05, 0) is 51.2 Å². The van der Waals surface area contributed by atoms with E-state index in [1.165, 1.54) is 18.7 Å². The van der Waals surface area contributed by atoms with Crippen LogP contribution in [0.3, 0.4) is 0 Å². The highest BCUT2D eigenvalue weighted by Gasteiger charge is 2.32. The molecule has 4 amide bonds. The summed E-state index contributed by atoms with van der Waals surface area (Å²) in [7, 11) is 0.